The Morgan fingerprint density at radius 2 is 2.03 bits per heavy atom. The molecular formula is C26H25FN6O2. The van der Waals surface area contributed by atoms with E-state index in [9.17, 15) is 9.90 Å². The number of nitrogen functional groups attached to an aromatic ring is 1. The lowest BCUT2D eigenvalue weighted by Crippen LogP contribution is -2.21. The van der Waals surface area contributed by atoms with Crippen molar-refractivity contribution in [1.82, 2.24) is 19.5 Å². The molecule has 4 aromatic rings. The van der Waals surface area contributed by atoms with Crippen LogP contribution < -0.4 is 16.7 Å². The summed E-state index contributed by atoms with van der Waals surface area (Å²) in [5, 5.41) is 13.0. The van der Waals surface area contributed by atoms with Crippen LogP contribution in [0.2, 0.25) is 0 Å². The average Bonchev–Trinajstić information content (AvgIpc) is 3.64. The van der Waals surface area contributed by atoms with Crippen molar-refractivity contribution >= 4 is 22.5 Å². The van der Waals surface area contributed by atoms with Crippen LogP contribution in [0.4, 0.5) is 16.2 Å². The number of hydrogen-bond donors (Lipinski definition) is 3. The quantitative estimate of drug-likeness (QED) is 0.414. The Morgan fingerprint density at radius 3 is 2.77 bits per heavy atom. The molecule has 9 heteroatoms. The molecule has 0 bridgehead atoms. The molecule has 6 rings (SSSR count). The third-order valence-electron chi connectivity index (χ3n) is 7.10. The van der Waals surface area contributed by atoms with Gasteiger partial charge in [-0.3, -0.25) is 9.36 Å². The predicted molar refractivity (Wildman–Crippen MR) is 133 cm³/mol. The topological polar surface area (TPSA) is 109 Å². The number of hydrogen-bond acceptors (Lipinski definition) is 7. The highest BCUT2D eigenvalue weighted by Crippen LogP contribution is 2.42. The van der Waals surface area contributed by atoms with E-state index in [4.69, 9.17) is 5.73 Å². The van der Waals surface area contributed by atoms with Gasteiger partial charge >= 0.3 is 0 Å². The lowest BCUT2D eigenvalue weighted by molar-refractivity contribution is 0.282. The third kappa shape index (κ3) is 3.38. The van der Waals surface area contributed by atoms with E-state index in [1.807, 2.05) is 31.1 Å². The van der Waals surface area contributed by atoms with Crippen molar-refractivity contribution in [2.24, 2.45) is 0 Å². The van der Waals surface area contributed by atoms with Gasteiger partial charge < -0.3 is 16.3 Å². The van der Waals surface area contributed by atoms with Crippen LogP contribution in [-0.4, -0.2) is 31.7 Å². The Bertz CT molecular complexity index is 1560. The number of rotatable bonds is 4. The van der Waals surface area contributed by atoms with E-state index in [1.54, 1.807) is 24.4 Å². The monoisotopic (exact) mass is 472 g/mol. The fourth-order valence-corrected chi connectivity index (χ4v) is 5.01. The molecule has 8 nitrogen and oxygen atoms in total. The number of fused-ring (bicyclic) bond motifs is 2. The zero-order chi connectivity index (χ0) is 24.4. The fourth-order valence-electron chi connectivity index (χ4n) is 5.01. The molecule has 1 aliphatic heterocycles. The van der Waals surface area contributed by atoms with Gasteiger partial charge in [0, 0.05) is 29.9 Å². The zero-order valence-corrected chi connectivity index (χ0v) is 19.4. The van der Waals surface area contributed by atoms with Gasteiger partial charge in [-0.05, 0) is 54.8 Å². The molecule has 1 aliphatic carbocycles. The van der Waals surface area contributed by atoms with Gasteiger partial charge in [0.1, 0.15) is 5.82 Å². The highest BCUT2D eigenvalue weighted by molar-refractivity contribution is 5.84. The fraction of sp³-hybridized carbons (Fsp3) is 0.269. The second kappa shape index (κ2) is 7.86. The molecule has 2 aromatic heterocycles. The lowest BCUT2D eigenvalue weighted by Gasteiger charge is -2.18. The normalized spacial score (nSPS) is 17.5. The molecular weight excluding hydrogens is 447 g/mol. The smallest absolute Gasteiger partial charge is 0.265 e. The molecule has 0 spiro atoms. The SMILES string of the molecule is CC1c2c(nc(N)nc2-c2cccc(-n3ccc4cc(C5CC5)cc(F)c4c3=O)c2CO)NN1C. The summed E-state index contributed by atoms with van der Waals surface area (Å²) in [6.45, 7) is 1.66. The van der Waals surface area contributed by atoms with Gasteiger partial charge in [0.2, 0.25) is 5.95 Å². The van der Waals surface area contributed by atoms with E-state index in [0.29, 0.717) is 39.6 Å². The van der Waals surface area contributed by atoms with Crippen LogP contribution in [0.15, 0.2) is 47.4 Å². The van der Waals surface area contributed by atoms with Crippen LogP contribution in [0.5, 0.6) is 0 Å². The number of anilines is 2. The molecule has 178 valence electrons. The summed E-state index contributed by atoms with van der Waals surface area (Å²) in [5.41, 5.74) is 12.7. The third-order valence-corrected chi connectivity index (χ3v) is 7.10. The van der Waals surface area contributed by atoms with Gasteiger partial charge in [-0.15, -0.1) is 0 Å². The van der Waals surface area contributed by atoms with Crippen LogP contribution >= 0.6 is 0 Å². The summed E-state index contributed by atoms with van der Waals surface area (Å²) in [6.07, 6.45) is 3.74. The highest BCUT2D eigenvalue weighted by atomic mass is 19.1. The first-order chi connectivity index (χ1) is 16.9. The zero-order valence-electron chi connectivity index (χ0n) is 19.4. The first-order valence-corrected chi connectivity index (χ1v) is 11.6. The number of halogens is 1. The Kier molecular flexibility index (Phi) is 4.87. The van der Waals surface area contributed by atoms with E-state index in [-0.39, 0.29) is 24.0 Å². The van der Waals surface area contributed by atoms with E-state index in [2.05, 4.69) is 15.4 Å². The molecule has 35 heavy (non-hydrogen) atoms. The van der Waals surface area contributed by atoms with Crippen molar-refractivity contribution in [3.05, 3.63) is 75.5 Å². The Morgan fingerprint density at radius 1 is 1.23 bits per heavy atom. The van der Waals surface area contributed by atoms with Gasteiger partial charge in [0.05, 0.1) is 29.4 Å². The number of aromatic nitrogens is 3. The first-order valence-electron chi connectivity index (χ1n) is 11.6. The van der Waals surface area contributed by atoms with E-state index in [1.165, 1.54) is 10.6 Å². The molecule has 0 radical (unpaired) electrons. The van der Waals surface area contributed by atoms with E-state index in [0.717, 1.165) is 24.0 Å². The standard InChI is InChI=1S/C26H25FN6O2/c1-13-21-23(29-26(28)30-24(21)31-32(13)2)17-4-3-5-20(18(17)12-34)33-9-8-15-10-16(14-6-7-14)11-19(27)22(15)25(33)35/h3-5,8-11,13-14,34H,6-7,12H2,1-2H3,(H3,28,29,30,31). The minimum atomic E-state index is -0.519. The first kappa shape index (κ1) is 21.7. The Balaban J connectivity index is 1.56. The van der Waals surface area contributed by atoms with Crippen molar-refractivity contribution in [3.63, 3.8) is 0 Å². The maximum absolute atomic E-state index is 15.1. The van der Waals surface area contributed by atoms with Crippen LogP contribution in [-0.2, 0) is 6.61 Å². The van der Waals surface area contributed by atoms with Crippen molar-refractivity contribution in [1.29, 1.82) is 0 Å². The molecule has 3 heterocycles. The number of pyridine rings is 1. The highest BCUT2D eigenvalue weighted by Gasteiger charge is 2.31. The summed E-state index contributed by atoms with van der Waals surface area (Å²) in [6, 6.07) is 10.4. The minimum Gasteiger partial charge on any atom is -0.392 e. The van der Waals surface area contributed by atoms with Gasteiger partial charge in [0.25, 0.3) is 5.56 Å². The minimum absolute atomic E-state index is 0.0396. The molecule has 1 unspecified atom stereocenters. The van der Waals surface area contributed by atoms with Crippen LogP contribution in [0, 0.1) is 5.82 Å². The lowest BCUT2D eigenvalue weighted by atomic mass is 9.96. The van der Waals surface area contributed by atoms with Crippen molar-refractivity contribution < 1.29 is 9.50 Å². The van der Waals surface area contributed by atoms with E-state index >= 15 is 4.39 Å². The molecule has 1 atom stereocenters. The van der Waals surface area contributed by atoms with Gasteiger partial charge in [-0.25, -0.2) is 14.4 Å². The number of aliphatic hydroxyl groups is 1. The second-order valence-electron chi connectivity index (χ2n) is 9.28. The molecule has 2 aliphatic rings. The summed E-state index contributed by atoms with van der Waals surface area (Å²) in [4.78, 5) is 22.3. The van der Waals surface area contributed by atoms with Crippen LogP contribution in [0.3, 0.4) is 0 Å². The van der Waals surface area contributed by atoms with Gasteiger partial charge in [-0.1, -0.05) is 18.2 Å². The largest absolute Gasteiger partial charge is 0.392 e. The molecule has 4 N–H and O–H groups in total. The van der Waals surface area contributed by atoms with Crippen LogP contribution in [0.25, 0.3) is 27.7 Å². The molecule has 2 aromatic carbocycles. The number of nitrogens with two attached hydrogens (primary N) is 1. The van der Waals surface area contributed by atoms with E-state index < -0.39 is 11.4 Å². The number of nitrogens with zero attached hydrogens (tertiary/aromatic N) is 4. The molecule has 0 saturated heterocycles. The Labute approximate surface area is 200 Å². The van der Waals surface area contributed by atoms with Crippen molar-refractivity contribution in [2.75, 3.05) is 18.2 Å². The Hall–Kier alpha value is -3.82. The number of aliphatic hydroxyl groups excluding tert-OH is 1. The van der Waals surface area contributed by atoms with Gasteiger partial charge in [0.15, 0.2) is 5.82 Å². The molecule has 0 amide bonds. The number of hydrazine groups is 1. The van der Waals surface area contributed by atoms with Crippen LogP contribution in [0.1, 0.15) is 48.4 Å². The van der Waals surface area contributed by atoms with Crippen molar-refractivity contribution in [2.45, 2.75) is 38.3 Å². The summed E-state index contributed by atoms with van der Waals surface area (Å²) >= 11 is 0. The number of nitrogens with one attached hydrogen (secondary N) is 1. The maximum atomic E-state index is 15.1. The van der Waals surface area contributed by atoms with Crippen molar-refractivity contribution in [3.8, 4) is 16.9 Å². The predicted octanol–water partition coefficient (Wildman–Crippen LogP) is 3.87. The maximum Gasteiger partial charge on any atom is 0.265 e. The average molecular weight is 473 g/mol. The summed E-state index contributed by atoms with van der Waals surface area (Å²) in [7, 11) is 1.90. The number of benzene rings is 2. The summed E-state index contributed by atoms with van der Waals surface area (Å²) < 4.78 is 16.5. The summed E-state index contributed by atoms with van der Waals surface area (Å²) in [5.74, 6) is 0.564. The molecule has 1 saturated carbocycles. The molecule has 1 fully saturated rings. The van der Waals surface area contributed by atoms with Gasteiger partial charge in [-0.2, -0.15) is 4.98 Å². The second-order valence-corrected chi connectivity index (χ2v) is 9.28.